The Labute approximate surface area is 109 Å². The minimum atomic E-state index is -0.207. The van der Waals surface area contributed by atoms with Gasteiger partial charge in [0.25, 0.3) is 5.56 Å². The van der Waals surface area contributed by atoms with Crippen LogP contribution in [0.3, 0.4) is 0 Å². The number of aromatic nitrogens is 2. The number of H-pyrrole nitrogens is 1. The van der Waals surface area contributed by atoms with Gasteiger partial charge in [0.2, 0.25) is 0 Å². The van der Waals surface area contributed by atoms with E-state index in [1.54, 1.807) is 0 Å². The number of nitrogens with zero attached hydrogens (tertiary/aromatic N) is 1. The van der Waals surface area contributed by atoms with Crippen LogP contribution in [0.1, 0.15) is 4.88 Å². The third-order valence-electron chi connectivity index (χ3n) is 1.86. The van der Waals surface area contributed by atoms with Crippen LogP contribution in [0, 0.1) is 0 Å². The SMILES string of the molecule is O=c1[nH]cnc(NCc2ccc(Cl)s2)c1Br. The number of rotatable bonds is 3. The normalized spacial score (nSPS) is 10.4. The highest BCUT2D eigenvalue weighted by atomic mass is 79.9. The van der Waals surface area contributed by atoms with Gasteiger partial charge in [0.15, 0.2) is 0 Å². The Morgan fingerprint density at radius 2 is 2.38 bits per heavy atom. The summed E-state index contributed by atoms with van der Waals surface area (Å²) in [6.45, 7) is 0.590. The summed E-state index contributed by atoms with van der Waals surface area (Å²) in [6.07, 6.45) is 1.36. The second kappa shape index (κ2) is 4.99. The van der Waals surface area contributed by atoms with Crippen molar-refractivity contribution in [3.8, 4) is 0 Å². The van der Waals surface area contributed by atoms with Crippen LogP contribution < -0.4 is 10.9 Å². The van der Waals surface area contributed by atoms with Crippen LogP contribution >= 0.6 is 38.9 Å². The van der Waals surface area contributed by atoms with Crippen LogP contribution in [-0.2, 0) is 6.54 Å². The van der Waals surface area contributed by atoms with Gasteiger partial charge in [0.1, 0.15) is 10.3 Å². The Hall–Kier alpha value is -0.850. The van der Waals surface area contributed by atoms with Gasteiger partial charge in [-0.1, -0.05) is 11.6 Å². The van der Waals surface area contributed by atoms with E-state index >= 15 is 0 Å². The molecule has 84 valence electrons. The smallest absolute Gasteiger partial charge is 0.267 e. The van der Waals surface area contributed by atoms with E-state index in [0.29, 0.717) is 16.8 Å². The zero-order valence-corrected chi connectivity index (χ0v) is 11.1. The zero-order chi connectivity index (χ0) is 11.5. The predicted molar refractivity (Wildman–Crippen MR) is 69.2 cm³/mol. The quantitative estimate of drug-likeness (QED) is 0.914. The van der Waals surface area contributed by atoms with E-state index in [9.17, 15) is 4.79 Å². The van der Waals surface area contributed by atoms with Gasteiger partial charge in [-0.3, -0.25) is 4.79 Å². The second-order valence-electron chi connectivity index (χ2n) is 2.95. The summed E-state index contributed by atoms with van der Waals surface area (Å²) in [5.74, 6) is 0.522. The number of nitrogens with one attached hydrogen (secondary N) is 2. The first kappa shape index (κ1) is 11.6. The molecule has 0 aromatic carbocycles. The van der Waals surface area contributed by atoms with Gasteiger partial charge in [-0.25, -0.2) is 4.98 Å². The summed E-state index contributed by atoms with van der Waals surface area (Å²) < 4.78 is 1.15. The summed E-state index contributed by atoms with van der Waals surface area (Å²) in [5, 5.41) is 3.06. The molecule has 0 aliphatic carbocycles. The number of aromatic amines is 1. The lowest BCUT2D eigenvalue weighted by Gasteiger charge is -2.04. The average Bonchev–Trinajstić information content (AvgIpc) is 2.67. The third-order valence-corrected chi connectivity index (χ3v) is 3.82. The molecule has 0 fully saturated rings. The average molecular weight is 321 g/mol. The van der Waals surface area contributed by atoms with Crippen molar-refractivity contribution < 1.29 is 0 Å². The van der Waals surface area contributed by atoms with Gasteiger partial charge in [-0.05, 0) is 28.1 Å². The fourth-order valence-electron chi connectivity index (χ4n) is 1.12. The molecule has 0 spiro atoms. The summed E-state index contributed by atoms with van der Waals surface area (Å²) >= 11 is 10.5. The van der Waals surface area contributed by atoms with Crippen LogP contribution in [0.2, 0.25) is 4.34 Å². The lowest BCUT2D eigenvalue weighted by Crippen LogP contribution is -2.11. The van der Waals surface area contributed by atoms with E-state index in [1.165, 1.54) is 17.7 Å². The maximum absolute atomic E-state index is 11.3. The van der Waals surface area contributed by atoms with Crippen molar-refractivity contribution in [1.82, 2.24) is 9.97 Å². The monoisotopic (exact) mass is 319 g/mol. The number of hydrogen-bond acceptors (Lipinski definition) is 4. The highest BCUT2D eigenvalue weighted by molar-refractivity contribution is 9.10. The first-order valence-corrected chi connectivity index (χ1v) is 6.37. The Balaban J connectivity index is 2.10. The summed E-state index contributed by atoms with van der Waals surface area (Å²) in [5.41, 5.74) is -0.207. The fourth-order valence-corrected chi connectivity index (χ4v) is 2.51. The molecule has 2 N–H and O–H groups in total. The Morgan fingerprint density at radius 1 is 1.56 bits per heavy atom. The molecule has 4 nitrogen and oxygen atoms in total. The van der Waals surface area contributed by atoms with Gasteiger partial charge in [0, 0.05) is 4.88 Å². The minimum absolute atomic E-state index is 0.207. The van der Waals surface area contributed by atoms with Crippen LogP contribution in [-0.4, -0.2) is 9.97 Å². The van der Waals surface area contributed by atoms with Crippen molar-refractivity contribution in [2.45, 2.75) is 6.54 Å². The number of hydrogen-bond donors (Lipinski definition) is 2. The topological polar surface area (TPSA) is 57.8 Å². The molecule has 0 radical (unpaired) electrons. The molecule has 2 heterocycles. The van der Waals surface area contributed by atoms with E-state index < -0.39 is 0 Å². The maximum atomic E-state index is 11.3. The molecular weight excluding hydrogens is 314 g/mol. The number of halogens is 2. The molecule has 0 unspecified atom stereocenters. The molecule has 2 aromatic rings. The minimum Gasteiger partial charge on any atom is -0.364 e. The van der Waals surface area contributed by atoms with E-state index in [0.717, 1.165) is 9.21 Å². The molecule has 2 aromatic heterocycles. The fraction of sp³-hybridized carbons (Fsp3) is 0.111. The Kier molecular flexibility index (Phi) is 3.63. The molecule has 2 rings (SSSR count). The number of anilines is 1. The van der Waals surface area contributed by atoms with Crippen molar-refractivity contribution in [3.05, 3.63) is 42.5 Å². The standard InChI is InChI=1S/C9H7BrClN3OS/c10-7-8(13-4-14-9(7)15)12-3-5-1-2-6(11)16-5/h1-2,4H,3H2,(H2,12,13,14,15). The van der Waals surface area contributed by atoms with Gasteiger partial charge in [0.05, 0.1) is 17.2 Å². The molecule has 0 amide bonds. The van der Waals surface area contributed by atoms with Gasteiger partial charge >= 0.3 is 0 Å². The Bertz CT molecular complexity index is 554. The van der Waals surface area contributed by atoms with E-state index in [2.05, 4.69) is 31.2 Å². The first-order valence-electron chi connectivity index (χ1n) is 4.38. The van der Waals surface area contributed by atoms with Crippen LogP contribution in [0.5, 0.6) is 0 Å². The molecular formula is C9H7BrClN3OS. The maximum Gasteiger partial charge on any atom is 0.267 e. The van der Waals surface area contributed by atoms with Gasteiger partial charge in [-0.2, -0.15) is 0 Å². The first-order chi connectivity index (χ1) is 7.66. The third kappa shape index (κ3) is 2.63. The number of thiophene rings is 1. The second-order valence-corrected chi connectivity index (χ2v) is 5.55. The zero-order valence-electron chi connectivity index (χ0n) is 7.96. The van der Waals surface area contributed by atoms with Crippen molar-refractivity contribution in [2.75, 3.05) is 5.32 Å². The van der Waals surface area contributed by atoms with Crippen molar-refractivity contribution in [2.24, 2.45) is 0 Å². The molecule has 0 saturated heterocycles. The largest absolute Gasteiger partial charge is 0.364 e. The van der Waals surface area contributed by atoms with Gasteiger partial charge in [-0.15, -0.1) is 11.3 Å². The van der Waals surface area contributed by atoms with E-state index in [4.69, 9.17) is 11.6 Å². The van der Waals surface area contributed by atoms with Crippen molar-refractivity contribution >= 4 is 44.7 Å². The molecule has 7 heteroatoms. The van der Waals surface area contributed by atoms with Crippen molar-refractivity contribution in [3.63, 3.8) is 0 Å². The Morgan fingerprint density at radius 3 is 3.06 bits per heavy atom. The van der Waals surface area contributed by atoms with Crippen LogP contribution in [0.4, 0.5) is 5.82 Å². The molecule has 0 bridgehead atoms. The lowest BCUT2D eigenvalue weighted by atomic mass is 10.4. The molecule has 0 atom stereocenters. The summed E-state index contributed by atoms with van der Waals surface area (Å²) in [4.78, 5) is 18.8. The summed E-state index contributed by atoms with van der Waals surface area (Å²) in [6, 6.07) is 3.77. The van der Waals surface area contributed by atoms with Crippen molar-refractivity contribution in [1.29, 1.82) is 0 Å². The highest BCUT2D eigenvalue weighted by Gasteiger charge is 2.05. The molecule has 0 saturated carbocycles. The molecule has 16 heavy (non-hydrogen) atoms. The lowest BCUT2D eigenvalue weighted by molar-refractivity contribution is 1.06. The highest BCUT2D eigenvalue weighted by Crippen LogP contribution is 2.22. The van der Waals surface area contributed by atoms with E-state index in [-0.39, 0.29) is 5.56 Å². The van der Waals surface area contributed by atoms with Crippen LogP contribution in [0.25, 0.3) is 0 Å². The predicted octanol–water partition coefficient (Wildman–Crippen LogP) is 2.86. The van der Waals surface area contributed by atoms with E-state index in [1.807, 2.05) is 12.1 Å². The molecule has 0 aliphatic rings. The molecule has 0 aliphatic heterocycles. The summed E-state index contributed by atoms with van der Waals surface area (Å²) in [7, 11) is 0. The van der Waals surface area contributed by atoms with Gasteiger partial charge < -0.3 is 10.3 Å². The van der Waals surface area contributed by atoms with Crippen LogP contribution in [0.15, 0.2) is 27.7 Å².